The van der Waals surface area contributed by atoms with Gasteiger partial charge in [0.05, 0.1) is 12.1 Å². The van der Waals surface area contributed by atoms with Gasteiger partial charge in [-0.1, -0.05) is 17.7 Å². The summed E-state index contributed by atoms with van der Waals surface area (Å²) in [6.07, 6.45) is 10.0. The van der Waals surface area contributed by atoms with E-state index in [4.69, 9.17) is 26.1 Å². The molecule has 2 aliphatic heterocycles. The van der Waals surface area contributed by atoms with E-state index in [1.54, 1.807) is 0 Å². The molecule has 212 valence electrons. The normalized spacial score (nSPS) is 20.9. The number of benzene rings is 2. The molecule has 1 aromatic heterocycles. The Morgan fingerprint density at radius 3 is 2.26 bits per heavy atom. The highest BCUT2D eigenvalue weighted by Gasteiger charge is 2.20. The molecule has 0 bridgehead atoms. The van der Waals surface area contributed by atoms with E-state index in [-0.39, 0.29) is 0 Å². The molecule has 2 fully saturated rings. The first-order valence-corrected chi connectivity index (χ1v) is 15.3. The van der Waals surface area contributed by atoms with Crippen LogP contribution in [0.3, 0.4) is 0 Å². The van der Waals surface area contributed by atoms with E-state index in [1.807, 2.05) is 24.3 Å². The topological polar surface area (TPSA) is 42.8 Å². The van der Waals surface area contributed by atoms with Crippen molar-refractivity contribution in [1.29, 1.82) is 0 Å². The van der Waals surface area contributed by atoms with Crippen LogP contribution in [0, 0.1) is 11.8 Å². The molecule has 0 radical (unpaired) electrons. The molecule has 5 rings (SSSR count). The first-order valence-electron chi connectivity index (χ1n) is 14.9. The van der Waals surface area contributed by atoms with Gasteiger partial charge in [0.25, 0.3) is 0 Å². The summed E-state index contributed by atoms with van der Waals surface area (Å²) in [4.78, 5) is 10.0. The van der Waals surface area contributed by atoms with Gasteiger partial charge in [-0.05, 0) is 127 Å². The lowest BCUT2D eigenvalue weighted by Gasteiger charge is -2.29. The van der Waals surface area contributed by atoms with Gasteiger partial charge in [0.15, 0.2) is 0 Å². The molecule has 3 heterocycles. The molecule has 39 heavy (non-hydrogen) atoms. The Hall–Kier alpha value is -2.28. The van der Waals surface area contributed by atoms with Gasteiger partial charge in [-0.3, -0.25) is 0 Å². The summed E-state index contributed by atoms with van der Waals surface area (Å²) in [5, 5.41) is 0.709. The summed E-state index contributed by atoms with van der Waals surface area (Å²) in [7, 11) is 4.48. The molecule has 0 unspecified atom stereocenters. The Balaban J connectivity index is 1.26. The van der Waals surface area contributed by atoms with Crippen molar-refractivity contribution in [3.05, 3.63) is 53.3 Å². The number of hydrogen-bond donors (Lipinski definition) is 0. The van der Waals surface area contributed by atoms with E-state index in [1.165, 1.54) is 64.7 Å². The SMILES string of the molecule is CN1CCC[C@@H](CCCOc2cccc3c2nc(COc2ccc(Cl)cc2)n3CCC[C@H]2CCCN(C)C2)C1. The number of halogens is 1. The maximum atomic E-state index is 6.34. The number of para-hydroxylation sites is 1. The number of piperidine rings is 2. The predicted octanol–water partition coefficient (Wildman–Crippen LogP) is 6.89. The average molecular weight is 553 g/mol. The highest BCUT2D eigenvalue weighted by molar-refractivity contribution is 6.30. The van der Waals surface area contributed by atoms with Crippen LogP contribution in [0.2, 0.25) is 5.02 Å². The van der Waals surface area contributed by atoms with Crippen molar-refractivity contribution in [1.82, 2.24) is 19.4 Å². The number of aryl methyl sites for hydroxylation is 1. The fourth-order valence-electron chi connectivity index (χ4n) is 6.43. The van der Waals surface area contributed by atoms with Crippen molar-refractivity contribution in [3.63, 3.8) is 0 Å². The molecule has 7 heteroatoms. The molecule has 2 atom stereocenters. The summed E-state index contributed by atoms with van der Waals surface area (Å²) in [5.41, 5.74) is 2.08. The smallest absolute Gasteiger partial charge is 0.148 e. The Morgan fingerprint density at radius 1 is 0.872 bits per heavy atom. The van der Waals surface area contributed by atoms with Gasteiger partial charge < -0.3 is 23.8 Å². The van der Waals surface area contributed by atoms with Gasteiger partial charge in [-0.15, -0.1) is 0 Å². The Labute approximate surface area is 239 Å². The van der Waals surface area contributed by atoms with Gasteiger partial charge in [0, 0.05) is 24.7 Å². The molecule has 6 nitrogen and oxygen atoms in total. The van der Waals surface area contributed by atoms with Gasteiger partial charge >= 0.3 is 0 Å². The van der Waals surface area contributed by atoms with Crippen LogP contribution in [-0.4, -0.2) is 66.2 Å². The molecule has 2 aromatic carbocycles. The van der Waals surface area contributed by atoms with Crippen molar-refractivity contribution >= 4 is 22.6 Å². The largest absolute Gasteiger partial charge is 0.491 e. The standard InChI is InChI=1S/C32H45ClN4O2/c1-35-18-4-8-25(22-35)10-6-20-37-29-12-3-13-30(38-21-7-11-26-9-5-19-36(2)23-26)32(29)34-31(37)24-39-28-16-14-27(33)15-17-28/h3,12-17,25-26H,4-11,18-24H2,1-2H3/t25-,26+/m1/s1. The Bertz CT molecular complexity index is 1180. The molecule has 0 saturated carbocycles. The highest BCUT2D eigenvalue weighted by Crippen LogP contribution is 2.29. The summed E-state index contributed by atoms with van der Waals surface area (Å²) in [6, 6.07) is 13.9. The number of rotatable bonds is 12. The van der Waals surface area contributed by atoms with Gasteiger partial charge in [0.1, 0.15) is 29.4 Å². The van der Waals surface area contributed by atoms with E-state index < -0.39 is 0 Å². The first kappa shape index (κ1) is 28.3. The number of nitrogens with zero attached hydrogens (tertiary/aromatic N) is 4. The molecular weight excluding hydrogens is 508 g/mol. The lowest BCUT2D eigenvalue weighted by Crippen LogP contribution is -2.32. The number of imidazole rings is 1. The molecular formula is C32H45ClN4O2. The minimum absolute atomic E-state index is 0.414. The summed E-state index contributed by atoms with van der Waals surface area (Å²) < 4.78 is 14.8. The molecule has 0 amide bonds. The van der Waals surface area contributed by atoms with Gasteiger partial charge in [-0.25, -0.2) is 4.98 Å². The molecule has 0 aliphatic carbocycles. The second kappa shape index (κ2) is 13.9. The van der Waals surface area contributed by atoms with Crippen LogP contribution in [0.1, 0.15) is 57.2 Å². The lowest BCUT2D eigenvalue weighted by molar-refractivity contribution is 0.191. The van der Waals surface area contributed by atoms with Gasteiger partial charge in [-0.2, -0.15) is 0 Å². The molecule has 2 saturated heterocycles. The predicted molar refractivity (Wildman–Crippen MR) is 160 cm³/mol. The van der Waals surface area contributed by atoms with Crippen molar-refractivity contribution in [2.24, 2.45) is 11.8 Å². The number of likely N-dealkylation sites (tertiary alicyclic amines) is 2. The van der Waals surface area contributed by atoms with Crippen LogP contribution in [0.4, 0.5) is 0 Å². The van der Waals surface area contributed by atoms with E-state index in [0.29, 0.717) is 11.6 Å². The van der Waals surface area contributed by atoms with Crippen LogP contribution in [0.15, 0.2) is 42.5 Å². The number of aromatic nitrogens is 2. The van der Waals surface area contributed by atoms with Crippen molar-refractivity contribution in [2.75, 3.05) is 46.9 Å². The summed E-state index contributed by atoms with van der Waals surface area (Å²) in [5.74, 6) is 4.21. The highest BCUT2D eigenvalue weighted by atomic mass is 35.5. The zero-order valence-electron chi connectivity index (χ0n) is 23.8. The zero-order valence-corrected chi connectivity index (χ0v) is 24.5. The first-order chi connectivity index (χ1) is 19.0. The third-order valence-corrected chi connectivity index (χ3v) is 8.71. The lowest BCUT2D eigenvalue weighted by atomic mass is 9.94. The maximum absolute atomic E-state index is 6.34. The summed E-state index contributed by atoms with van der Waals surface area (Å²) >= 11 is 6.07. The fraction of sp³-hybridized carbons (Fsp3) is 0.594. The number of hydrogen-bond acceptors (Lipinski definition) is 5. The second-order valence-electron chi connectivity index (χ2n) is 11.7. The van der Waals surface area contributed by atoms with Crippen LogP contribution in [-0.2, 0) is 13.2 Å². The monoisotopic (exact) mass is 552 g/mol. The van der Waals surface area contributed by atoms with E-state index in [0.717, 1.165) is 66.2 Å². The Kier molecular flexibility index (Phi) is 10.0. The van der Waals surface area contributed by atoms with Crippen LogP contribution >= 0.6 is 11.6 Å². The van der Waals surface area contributed by atoms with Crippen LogP contribution in [0.5, 0.6) is 11.5 Å². The third kappa shape index (κ3) is 7.90. The van der Waals surface area contributed by atoms with Crippen molar-refractivity contribution in [3.8, 4) is 11.5 Å². The van der Waals surface area contributed by atoms with E-state index >= 15 is 0 Å². The van der Waals surface area contributed by atoms with Gasteiger partial charge in [0.2, 0.25) is 0 Å². The second-order valence-corrected chi connectivity index (χ2v) is 12.2. The van der Waals surface area contributed by atoms with Crippen LogP contribution in [0.25, 0.3) is 11.0 Å². The summed E-state index contributed by atoms with van der Waals surface area (Å²) in [6.45, 7) is 6.99. The fourth-order valence-corrected chi connectivity index (χ4v) is 6.56. The average Bonchev–Trinajstić information content (AvgIpc) is 3.29. The van der Waals surface area contributed by atoms with Crippen molar-refractivity contribution < 1.29 is 9.47 Å². The molecule has 0 spiro atoms. The quantitative estimate of drug-likeness (QED) is 0.229. The minimum Gasteiger partial charge on any atom is -0.491 e. The third-order valence-electron chi connectivity index (χ3n) is 8.46. The number of fused-ring (bicyclic) bond motifs is 1. The zero-order chi connectivity index (χ0) is 27.0. The molecule has 2 aliphatic rings. The molecule has 3 aromatic rings. The van der Waals surface area contributed by atoms with E-state index in [2.05, 4.69) is 46.7 Å². The maximum Gasteiger partial charge on any atom is 0.148 e. The Morgan fingerprint density at radius 2 is 1.56 bits per heavy atom. The van der Waals surface area contributed by atoms with Crippen LogP contribution < -0.4 is 9.47 Å². The van der Waals surface area contributed by atoms with Crippen molar-refractivity contribution in [2.45, 2.75) is 64.5 Å². The minimum atomic E-state index is 0.414. The molecule has 0 N–H and O–H groups in total. The van der Waals surface area contributed by atoms with E-state index in [9.17, 15) is 0 Å². The number of ether oxygens (including phenoxy) is 2.